The molecule has 4 amide bonds. The van der Waals surface area contributed by atoms with Crippen LogP contribution in [0.15, 0.2) is 18.2 Å². The molecule has 2 unspecified atom stereocenters. The number of benzene rings is 1. The number of nitrogens with one attached hydrogen (secondary N) is 3. The topological polar surface area (TPSA) is 130 Å². The quantitative estimate of drug-likeness (QED) is 0.376. The van der Waals surface area contributed by atoms with Crippen molar-refractivity contribution in [1.82, 2.24) is 16.0 Å². The van der Waals surface area contributed by atoms with Crippen LogP contribution in [-0.2, 0) is 25.6 Å². The zero-order valence-corrected chi connectivity index (χ0v) is 19.8. The number of amides is 4. The zero-order chi connectivity index (χ0) is 25.4. The van der Waals surface area contributed by atoms with Gasteiger partial charge in [0, 0.05) is 24.9 Å². The minimum atomic E-state index is -1.03. The van der Waals surface area contributed by atoms with Crippen LogP contribution in [0.3, 0.4) is 0 Å². The third-order valence-electron chi connectivity index (χ3n) is 6.85. The molecule has 0 bridgehead atoms. The summed E-state index contributed by atoms with van der Waals surface area (Å²) in [7, 11) is 0. The Hall–Kier alpha value is -3.04. The molecule has 1 saturated carbocycles. The summed E-state index contributed by atoms with van der Waals surface area (Å²) in [5.41, 5.74) is 5.84. The monoisotopic (exact) mass is 492 g/mol. The molecule has 192 valence electrons. The molecule has 2 aliphatic rings. The largest absolute Gasteiger partial charge is 0.368 e. The Morgan fingerprint density at radius 3 is 2.26 bits per heavy atom. The van der Waals surface area contributed by atoms with Gasteiger partial charge in [0.25, 0.3) is 0 Å². The first-order chi connectivity index (χ1) is 16.7. The van der Waals surface area contributed by atoms with Crippen LogP contribution in [0.1, 0.15) is 63.4 Å². The summed E-state index contributed by atoms with van der Waals surface area (Å²) < 4.78 is 26.9. The lowest BCUT2D eigenvalue weighted by atomic mass is 9.84. The van der Waals surface area contributed by atoms with E-state index in [0.717, 1.165) is 38.2 Å². The number of rotatable bonds is 11. The van der Waals surface area contributed by atoms with Crippen LogP contribution in [0.5, 0.6) is 0 Å². The predicted octanol–water partition coefficient (Wildman–Crippen LogP) is 1.85. The van der Waals surface area contributed by atoms with Crippen molar-refractivity contribution in [2.75, 3.05) is 6.54 Å². The molecule has 8 nitrogen and oxygen atoms in total. The standard InChI is InChI=1S/C25H34F2N4O4/c26-18-10-16(11-19(27)14-18)6-7-22(32)30-21(12-15-4-2-1-3-5-15)25(35)31-20(23(28)33)13-17-8-9-29-24(17)34/h10-11,14-15,17,20-21H,1-9,12-13H2,(H2,28,33)(H,29,34)(H,30,32)(H,31,35)/t17?,20-,21?/m0/s1. The second kappa shape index (κ2) is 12.6. The molecule has 1 aromatic rings. The van der Waals surface area contributed by atoms with E-state index in [-0.39, 0.29) is 31.1 Å². The van der Waals surface area contributed by atoms with Crippen LogP contribution in [-0.4, -0.2) is 42.3 Å². The Labute approximate surface area is 203 Å². The van der Waals surface area contributed by atoms with Crippen molar-refractivity contribution in [1.29, 1.82) is 0 Å². The summed E-state index contributed by atoms with van der Waals surface area (Å²) >= 11 is 0. The molecule has 3 rings (SSSR count). The molecule has 0 spiro atoms. The average Bonchev–Trinajstić information content (AvgIpc) is 3.21. The van der Waals surface area contributed by atoms with E-state index in [0.29, 0.717) is 24.9 Å². The number of aryl methyl sites for hydroxylation is 1. The maximum atomic E-state index is 13.4. The molecule has 0 radical (unpaired) electrons. The van der Waals surface area contributed by atoms with Crippen molar-refractivity contribution in [3.8, 4) is 0 Å². The molecule has 1 aliphatic carbocycles. The highest BCUT2D eigenvalue weighted by Gasteiger charge is 2.33. The van der Waals surface area contributed by atoms with E-state index < -0.39 is 47.4 Å². The Morgan fingerprint density at radius 1 is 0.971 bits per heavy atom. The first-order valence-electron chi connectivity index (χ1n) is 12.3. The predicted molar refractivity (Wildman–Crippen MR) is 125 cm³/mol. The summed E-state index contributed by atoms with van der Waals surface area (Å²) in [5, 5.41) is 8.08. The molecule has 10 heteroatoms. The molecule has 1 aliphatic heterocycles. The van der Waals surface area contributed by atoms with Gasteiger partial charge in [-0.2, -0.15) is 0 Å². The lowest BCUT2D eigenvalue weighted by Gasteiger charge is -2.28. The Bertz CT molecular complexity index is 916. The lowest BCUT2D eigenvalue weighted by Crippen LogP contribution is -2.54. The maximum absolute atomic E-state index is 13.4. The van der Waals surface area contributed by atoms with Crippen molar-refractivity contribution < 1.29 is 28.0 Å². The second-order valence-electron chi connectivity index (χ2n) is 9.61. The molecule has 3 atom stereocenters. The molecule has 1 saturated heterocycles. The average molecular weight is 493 g/mol. The van der Waals surface area contributed by atoms with Gasteiger partial charge in [0.05, 0.1) is 0 Å². The van der Waals surface area contributed by atoms with E-state index >= 15 is 0 Å². The third kappa shape index (κ3) is 8.29. The van der Waals surface area contributed by atoms with Crippen LogP contribution >= 0.6 is 0 Å². The van der Waals surface area contributed by atoms with Gasteiger partial charge < -0.3 is 21.7 Å². The van der Waals surface area contributed by atoms with Crippen molar-refractivity contribution in [2.45, 2.75) is 76.3 Å². The van der Waals surface area contributed by atoms with Crippen LogP contribution < -0.4 is 21.7 Å². The SMILES string of the molecule is NC(=O)[C@H](CC1CCNC1=O)NC(=O)C(CC1CCCCC1)NC(=O)CCc1cc(F)cc(F)c1. The molecule has 1 heterocycles. The van der Waals surface area contributed by atoms with Gasteiger partial charge >= 0.3 is 0 Å². The fourth-order valence-electron chi connectivity index (χ4n) is 4.94. The van der Waals surface area contributed by atoms with Crippen LogP contribution in [0.4, 0.5) is 8.78 Å². The second-order valence-corrected chi connectivity index (χ2v) is 9.61. The molecule has 35 heavy (non-hydrogen) atoms. The van der Waals surface area contributed by atoms with Crippen molar-refractivity contribution in [3.63, 3.8) is 0 Å². The summed E-state index contributed by atoms with van der Waals surface area (Å²) in [6.45, 7) is 0.512. The van der Waals surface area contributed by atoms with Gasteiger partial charge in [-0.05, 0) is 49.3 Å². The molecule has 1 aromatic carbocycles. The van der Waals surface area contributed by atoms with Gasteiger partial charge in [0.1, 0.15) is 23.7 Å². The number of primary amides is 1. The van der Waals surface area contributed by atoms with Gasteiger partial charge in [-0.15, -0.1) is 0 Å². The van der Waals surface area contributed by atoms with E-state index in [1.54, 1.807) is 0 Å². The van der Waals surface area contributed by atoms with Gasteiger partial charge in [0.2, 0.25) is 23.6 Å². The van der Waals surface area contributed by atoms with Crippen molar-refractivity contribution in [3.05, 3.63) is 35.4 Å². The first kappa shape index (κ1) is 26.6. The van der Waals surface area contributed by atoms with Gasteiger partial charge in [-0.1, -0.05) is 32.1 Å². The van der Waals surface area contributed by atoms with E-state index in [4.69, 9.17) is 5.73 Å². The summed E-state index contributed by atoms with van der Waals surface area (Å²) in [5.74, 6) is -3.47. The Balaban J connectivity index is 1.63. The van der Waals surface area contributed by atoms with Gasteiger partial charge in [-0.25, -0.2) is 8.78 Å². The fraction of sp³-hybridized carbons (Fsp3) is 0.600. The van der Waals surface area contributed by atoms with Crippen LogP contribution in [0.2, 0.25) is 0 Å². The van der Waals surface area contributed by atoms with Gasteiger partial charge in [-0.3, -0.25) is 19.2 Å². The van der Waals surface area contributed by atoms with Crippen molar-refractivity contribution in [2.24, 2.45) is 17.6 Å². The number of hydrogen-bond donors (Lipinski definition) is 4. The van der Waals surface area contributed by atoms with Crippen molar-refractivity contribution >= 4 is 23.6 Å². The smallest absolute Gasteiger partial charge is 0.243 e. The number of hydrogen-bond acceptors (Lipinski definition) is 4. The number of nitrogens with two attached hydrogens (primary N) is 1. The summed E-state index contributed by atoms with van der Waals surface area (Å²) in [6, 6.07) is 1.18. The number of carbonyl (C=O) groups is 4. The highest BCUT2D eigenvalue weighted by molar-refractivity contribution is 5.92. The number of halogens is 2. The Kier molecular flexibility index (Phi) is 9.56. The molecule has 2 fully saturated rings. The molecule has 0 aromatic heterocycles. The lowest BCUT2D eigenvalue weighted by molar-refractivity contribution is -0.132. The minimum absolute atomic E-state index is 0.0567. The molecular formula is C25H34F2N4O4. The molecular weight excluding hydrogens is 458 g/mol. The maximum Gasteiger partial charge on any atom is 0.243 e. The highest BCUT2D eigenvalue weighted by atomic mass is 19.1. The number of carbonyl (C=O) groups excluding carboxylic acids is 4. The third-order valence-corrected chi connectivity index (χ3v) is 6.85. The van der Waals surface area contributed by atoms with E-state index in [9.17, 15) is 28.0 Å². The zero-order valence-electron chi connectivity index (χ0n) is 19.8. The minimum Gasteiger partial charge on any atom is -0.368 e. The van der Waals surface area contributed by atoms with Crippen LogP contribution in [0, 0.1) is 23.5 Å². The first-order valence-corrected chi connectivity index (χ1v) is 12.3. The van der Waals surface area contributed by atoms with Crippen LogP contribution in [0.25, 0.3) is 0 Å². The summed E-state index contributed by atoms with van der Waals surface area (Å²) in [4.78, 5) is 49.7. The highest BCUT2D eigenvalue weighted by Crippen LogP contribution is 2.27. The van der Waals surface area contributed by atoms with E-state index in [2.05, 4.69) is 16.0 Å². The van der Waals surface area contributed by atoms with E-state index in [1.807, 2.05) is 0 Å². The summed E-state index contributed by atoms with van der Waals surface area (Å²) in [6.07, 6.45) is 6.27. The van der Waals surface area contributed by atoms with Gasteiger partial charge in [0.15, 0.2) is 0 Å². The molecule has 5 N–H and O–H groups in total. The fourth-order valence-corrected chi connectivity index (χ4v) is 4.94. The normalized spacial score (nSPS) is 20.1. The van der Waals surface area contributed by atoms with E-state index in [1.165, 1.54) is 12.1 Å². The Morgan fingerprint density at radius 2 is 1.66 bits per heavy atom.